The molecular formula is C13H19N3O3. The molecule has 0 saturated heterocycles. The van der Waals surface area contributed by atoms with Crippen molar-refractivity contribution >= 4 is 11.7 Å². The van der Waals surface area contributed by atoms with Gasteiger partial charge in [-0.25, -0.2) is 0 Å². The van der Waals surface area contributed by atoms with E-state index >= 15 is 0 Å². The number of ether oxygens (including phenoxy) is 1. The average molecular weight is 265 g/mol. The third kappa shape index (κ3) is 3.87. The molecule has 1 unspecified atom stereocenters. The molecular weight excluding hydrogens is 246 g/mol. The van der Waals surface area contributed by atoms with E-state index in [-0.39, 0.29) is 17.7 Å². The van der Waals surface area contributed by atoms with Gasteiger partial charge in [-0.2, -0.15) is 0 Å². The Balaban J connectivity index is 2.81. The lowest BCUT2D eigenvalue weighted by molar-refractivity contribution is 0.0939. The summed E-state index contributed by atoms with van der Waals surface area (Å²) in [7, 11) is 1.56. The number of carbonyl (C=O) groups is 1. The second-order valence-corrected chi connectivity index (χ2v) is 4.45. The zero-order valence-corrected chi connectivity index (χ0v) is 11.3. The van der Waals surface area contributed by atoms with Crippen LogP contribution in [0.5, 0.6) is 5.75 Å². The highest BCUT2D eigenvalue weighted by atomic mass is 16.5. The van der Waals surface area contributed by atoms with Crippen molar-refractivity contribution in [1.82, 2.24) is 5.32 Å². The molecule has 0 heterocycles. The molecule has 1 atom stereocenters. The van der Waals surface area contributed by atoms with Gasteiger partial charge in [-0.05, 0) is 30.2 Å². The Hall–Kier alpha value is -2.24. The average Bonchev–Trinajstić information content (AvgIpc) is 2.43. The number of hydrogen-bond acceptors (Lipinski definition) is 4. The summed E-state index contributed by atoms with van der Waals surface area (Å²) in [5.74, 6) is 0.385. The van der Waals surface area contributed by atoms with Crippen molar-refractivity contribution in [2.24, 2.45) is 16.8 Å². The monoisotopic (exact) mass is 265 g/mol. The minimum atomic E-state index is -0.514. The lowest BCUT2D eigenvalue weighted by Gasteiger charge is -2.20. The molecule has 0 fully saturated rings. The standard InChI is InChI=1S/C13H19N3O3/c1-8(2)11(12(14)16-18)15-13(17)9-4-6-10(19-3)7-5-9/h4-8,11,18H,1-3H3,(H2,14,16)(H,15,17). The van der Waals surface area contributed by atoms with Crippen molar-refractivity contribution in [1.29, 1.82) is 0 Å². The van der Waals surface area contributed by atoms with Crippen molar-refractivity contribution in [2.45, 2.75) is 19.9 Å². The van der Waals surface area contributed by atoms with Gasteiger partial charge in [0, 0.05) is 5.56 Å². The smallest absolute Gasteiger partial charge is 0.251 e. The van der Waals surface area contributed by atoms with E-state index in [1.807, 2.05) is 13.8 Å². The van der Waals surface area contributed by atoms with E-state index in [1.54, 1.807) is 31.4 Å². The molecule has 0 aromatic heterocycles. The topological polar surface area (TPSA) is 96.9 Å². The number of amidine groups is 1. The number of carbonyl (C=O) groups excluding carboxylic acids is 1. The minimum Gasteiger partial charge on any atom is -0.497 e. The van der Waals surface area contributed by atoms with Gasteiger partial charge in [0.2, 0.25) is 0 Å². The number of benzene rings is 1. The second kappa shape index (κ2) is 6.63. The first-order chi connectivity index (χ1) is 8.99. The van der Waals surface area contributed by atoms with Crippen LogP contribution in [0.25, 0.3) is 0 Å². The highest BCUT2D eigenvalue weighted by Gasteiger charge is 2.21. The van der Waals surface area contributed by atoms with Crippen LogP contribution in [-0.4, -0.2) is 30.1 Å². The van der Waals surface area contributed by atoms with Gasteiger partial charge in [0.05, 0.1) is 13.2 Å². The first-order valence-corrected chi connectivity index (χ1v) is 5.92. The normalized spacial score (nSPS) is 13.2. The van der Waals surface area contributed by atoms with Gasteiger partial charge in [0.25, 0.3) is 5.91 Å². The maximum absolute atomic E-state index is 12.0. The lowest BCUT2D eigenvalue weighted by atomic mass is 10.0. The number of oxime groups is 1. The fourth-order valence-corrected chi connectivity index (χ4v) is 1.61. The Labute approximate surface area is 112 Å². The Kier molecular flexibility index (Phi) is 5.17. The predicted octanol–water partition coefficient (Wildman–Crippen LogP) is 1.20. The summed E-state index contributed by atoms with van der Waals surface area (Å²) >= 11 is 0. The number of nitrogens with one attached hydrogen (secondary N) is 1. The maximum Gasteiger partial charge on any atom is 0.251 e. The van der Waals surface area contributed by atoms with Gasteiger partial charge in [-0.1, -0.05) is 19.0 Å². The van der Waals surface area contributed by atoms with E-state index in [1.165, 1.54) is 0 Å². The fourth-order valence-electron chi connectivity index (χ4n) is 1.61. The molecule has 0 saturated carbocycles. The molecule has 1 amide bonds. The SMILES string of the molecule is COc1ccc(C(=O)NC(C(N)=NO)C(C)C)cc1. The summed E-state index contributed by atoms with van der Waals surface area (Å²) in [5.41, 5.74) is 6.04. The molecule has 104 valence electrons. The highest BCUT2D eigenvalue weighted by Crippen LogP contribution is 2.12. The number of hydrogen-bond donors (Lipinski definition) is 3. The van der Waals surface area contributed by atoms with Crippen LogP contribution in [0, 0.1) is 5.92 Å². The second-order valence-electron chi connectivity index (χ2n) is 4.45. The highest BCUT2D eigenvalue weighted by molar-refractivity contribution is 5.98. The first kappa shape index (κ1) is 14.8. The van der Waals surface area contributed by atoms with Gasteiger partial charge in [-0.15, -0.1) is 0 Å². The zero-order valence-electron chi connectivity index (χ0n) is 11.3. The molecule has 1 aromatic rings. The molecule has 0 radical (unpaired) electrons. The molecule has 0 aliphatic rings. The summed E-state index contributed by atoms with van der Waals surface area (Å²) in [6.07, 6.45) is 0. The summed E-state index contributed by atoms with van der Waals surface area (Å²) in [6, 6.07) is 6.18. The Morgan fingerprint density at radius 3 is 2.37 bits per heavy atom. The van der Waals surface area contributed by atoms with E-state index in [4.69, 9.17) is 15.7 Å². The van der Waals surface area contributed by atoms with Crippen LogP contribution >= 0.6 is 0 Å². The summed E-state index contributed by atoms with van der Waals surface area (Å²) in [6.45, 7) is 3.74. The van der Waals surface area contributed by atoms with Crippen LogP contribution in [0.4, 0.5) is 0 Å². The van der Waals surface area contributed by atoms with Crippen molar-refractivity contribution < 1.29 is 14.7 Å². The fraction of sp³-hybridized carbons (Fsp3) is 0.385. The molecule has 0 spiro atoms. The molecule has 1 rings (SSSR count). The molecule has 0 aliphatic heterocycles. The third-order valence-electron chi connectivity index (χ3n) is 2.74. The van der Waals surface area contributed by atoms with Gasteiger partial charge in [0.15, 0.2) is 5.84 Å². The number of amides is 1. The van der Waals surface area contributed by atoms with Crippen molar-refractivity contribution in [3.63, 3.8) is 0 Å². The van der Waals surface area contributed by atoms with Crippen LogP contribution in [0.2, 0.25) is 0 Å². The summed E-state index contributed by atoms with van der Waals surface area (Å²) in [4.78, 5) is 12.0. The molecule has 1 aromatic carbocycles. The van der Waals surface area contributed by atoms with Crippen molar-refractivity contribution in [3.8, 4) is 5.75 Å². The molecule has 4 N–H and O–H groups in total. The number of rotatable bonds is 5. The number of methoxy groups -OCH3 is 1. The van der Waals surface area contributed by atoms with Crippen LogP contribution in [0.3, 0.4) is 0 Å². The van der Waals surface area contributed by atoms with Gasteiger partial charge in [-0.3, -0.25) is 4.79 Å². The van der Waals surface area contributed by atoms with Crippen LogP contribution in [0.1, 0.15) is 24.2 Å². The number of nitrogens with two attached hydrogens (primary N) is 1. The van der Waals surface area contributed by atoms with Crippen LogP contribution in [0.15, 0.2) is 29.4 Å². The minimum absolute atomic E-state index is 0.0121. The quantitative estimate of drug-likeness (QED) is 0.322. The van der Waals surface area contributed by atoms with Crippen molar-refractivity contribution in [3.05, 3.63) is 29.8 Å². The molecule has 6 heteroatoms. The first-order valence-electron chi connectivity index (χ1n) is 5.92. The Morgan fingerprint density at radius 2 is 1.95 bits per heavy atom. The number of nitrogens with zero attached hydrogens (tertiary/aromatic N) is 1. The van der Waals surface area contributed by atoms with Gasteiger partial charge in [0.1, 0.15) is 5.75 Å². The summed E-state index contributed by atoms with van der Waals surface area (Å²) < 4.78 is 5.02. The summed E-state index contributed by atoms with van der Waals surface area (Å²) in [5, 5.41) is 14.4. The largest absolute Gasteiger partial charge is 0.497 e. The predicted molar refractivity (Wildman–Crippen MR) is 72.5 cm³/mol. The van der Waals surface area contributed by atoms with Crippen LogP contribution in [-0.2, 0) is 0 Å². The van der Waals surface area contributed by atoms with Gasteiger partial charge >= 0.3 is 0 Å². The Morgan fingerprint density at radius 1 is 1.37 bits per heavy atom. The van der Waals surface area contributed by atoms with Gasteiger partial charge < -0.3 is 21.0 Å². The van der Waals surface area contributed by atoms with E-state index in [0.29, 0.717) is 11.3 Å². The van der Waals surface area contributed by atoms with Crippen molar-refractivity contribution in [2.75, 3.05) is 7.11 Å². The van der Waals surface area contributed by atoms with Crippen LogP contribution < -0.4 is 15.8 Å². The molecule has 19 heavy (non-hydrogen) atoms. The zero-order chi connectivity index (χ0) is 14.4. The van der Waals surface area contributed by atoms with E-state index in [9.17, 15) is 4.79 Å². The molecule has 0 bridgehead atoms. The van der Waals surface area contributed by atoms with E-state index < -0.39 is 6.04 Å². The maximum atomic E-state index is 12.0. The molecule has 6 nitrogen and oxygen atoms in total. The Bertz CT molecular complexity index is 455. The molecule has 0 aliphatic carbocycles. The third-order valence-corrected chi connectivity index (χ3v) is 2.74. The van der Waals surface area contributed by atoms with E-state index in [0.717, 1.165) is 0 Å². The lowest BCUT2D eigenvalue weighted by Crippen LogP contribution is -2.47. The van der Waals surface area contributed by atoms with E-state index in [2.05, 4.69) is 10.5 Å².